The van der Waals surface area contributed by atoms with Crippen molar-refractivity contribution in [1.29, 1.82) is 0 Å². The van der Waals surface area contributed by atoms with Crippen molar-refractivity contribution in [2.45, 2.75) is 45.4 Å². The molecular formula is C18H24OS. The molecule has 0 atom stereocenters. The molecule has 1 aromatic heterocycles. The minimum atomic E-state index is 0.838. The lowest BCUT2D eigenvalue weighted by atomic mass is 10.1. The van der Waals surface area contributed by atoms with Crippen molar-refractivity contribution in [2.75, 3.05) is 6.61 Å². The summed E-state index contributed by atoms with van der Waals surface area (Å²) in [5, 5.41) is 2.11. The summed E-state index contributed by atoms with van der Waals surface area (Å²) in [5.74, 6) is 0.985. The summed E-state index contributed by atoms with van der Waals surface area (Å²) in [5.41, 5.74) is 1.27. The number of ether oxygens (including phenoxy) is 1. The molecule has 0 N–H and O–H groups in total. The molecule has 0 amide bonds. The van der Waals surface area contributed by atoms with Gasteiger partial charge in [0.2, 0.25) is 0 Å². The smallest absolute Gasteiger partial charge is 0.119 e. The highest BCUT2D eigenvalue weighted by Gasteiger charge is 1.99. The molecule has 108 valence electrons. The number of thiophene rings is 1. The monoisotopic (exact) mass is 288 g/mol. The highest BCUT2D eigenvalue weighted by Crippen LogP contribution is 2.26. The van der Waals surface area contributed by atoms with Crippen LogP contribution in [0.4, 0.5) is 0 Å². The van der Waals surface area contributed by atoms with Crippen molar-refractivity contribution < 1.29 is 4.74 Å². The van der Waals surface area contributed by atoms with E-state index >= 15 is 0 Å². The summed E-state index contributed by atoms with van der Waals surface area (Å²) >= 11 is 1.77. The number of benzene rings is 1. The fraction of sp³-hybridized carbons (Fsp3) is 0.444. The van der Waals surface area contributed by atoms with Gasteiger partial charge in [0.25, 0.3) is 0 Å². The average Bonchev–Trinajstić information content (AvgIpc) is 3.01. The summed E-state index contributed by atoms with van der Waals surface area (Å²) in [7, 11) is 0. The summed E-state index contributed by atoms with van der Waals surface area (Å²) < 4.78 is 5.79. The molecule has 0 radical (unpaired) electrons. The Kier molecular flexibility index (Phi) is 6.65. The molecule has 0 saturated heterocycles. The molecule has 1 aromatic carbocycles. The van der Waals surface area contributed by atoms with Crippen LogP contribution in [0.15, 0.2) is 41.8 Å². The molecule has 0 aliphatic rings. The highest BCUT2D eigenvalue weighted by atomic mass is 32.1. The van der Waals surface area contributed by atoms with E-state index in [0.29, 0.717) is 0 Å². The molecule has 0 spiro atoms. The van der Waals surface area contributed by atoms with Gasteiger partial charge in [-0.05, 0) is 47.7 Å². The van der Waals surface area contributed by atoms with Crippen LogP contribution < -0.4 is 4.74 Å². The quantitative estimate of drug-likeness (QED) is 0.502. The Bertz CT molecular complexity index is 459. The predicted molar refractivity (Wildman–Crippen MR) is 88.6 cm³/mol. The van der Waals surface area contributed by atoms with Crippen LogP contribution in [0.5, 0.6) is 5.75 Å². The van der Waals surface area contributed by atoms with Gasteiger partial charge in [0.1, 0.15) is 5.75 Å². The number of unbranched alkanes of at least 4 members (excludes halogenated alkanes) is 5. The molecule has 2 rings (SSSR count). The molecule has 0 bridgehead atoms. The SMILES string of the molecule is CCCCCCCCOc1ccc(-c2cccs2)cc1. The molecular weight excluding hydrogens is 264 g/mol. The Balaban J connectivity index is 1.67. The molecule has 20 heavy (non-hydrogen) atoms. The van der Waals surface area contributed by atoms with Gasteiger partial charge >= 0.3 is 0 Å². The highest BCUT2D eigenvalue weighted by molar-refractivity contribution is 7.13. The molecule has 0 unspecified atom stereocenters. The van der Waals surface area contributed by atoms with Gasteiger partial charge < -0.3 is 4.74 Å². The Morgan fingerprint density at radius 3 is 2.35 bits per heavy atom. The molecule has 1 heterocycles. The maximum absolute atomic E-state index is 5.79. The third kappa shape index (κ3) is 5.01. The summed E-state index contributed by atoms with van der Waals surface area (Å²) in [6.07, 6.45) is 7.84. The van der Waals surface area contributed by atoms with E-state index in [1.165, 1.54) is 42.5 Å². The van der Waals surface area contributed by atoms with E-state index in [1.807, 2.05) is 0 Å². The van der Waals surface area contributed by atoms with Crippen molar-refractivity contribution >= 4 is 11.3 Å². The molecule has 0 aliphatic heterocycles. The van der Waals surface area contributed by atoms with Crippen molar-refractivity contribution in [3.8, 4) is 16.2 Å². The maximum Gasteiger partial charge on any atom is 0.119 e. The Hall–Kier alpha value is -1.28. The van der Waals surface area contributed by atoms with Crippen LogP contribution in [0.3, 0.4) is 0 Å². The fourth-order valence-electron chi connectivity index (χ4n) is 2.23. The number of hydrogen-bond donors (Lipinski definition) is 0. The topological polar surface area (TPSA) is 9.23 Å². The van der Waals surface area contributed by atoms with Gasteiger partial charge in [-0.2, -0.15) is 0 Å². The van der Waals surface area contributed by atoms with Crippen LogP contribution in [-0.4, -0.2) is 6.61 Å². The largest absolute Gasteiger partial charge is 0.494 e. The standard InChI is InChI=1S/C18H24OS/c1-2-3-4-5-6-7-14-19-17-12-10-16(11-13-17)18-9-8-15-20-18/h8-13,15H,2-7,14H2,1H3. The number of rotatable bonds is 9. The van der Waals surface area contributed by atoms with Crippen LogP contribution in [-0.2, 0) is 0 Å². The first kappa shape index (κ1) is 15.1. The zero-order valence-corrected chi connectivity index (χ0v) is 13.1. The molecule has 0 saturated carbocycles. The second-order valence-corrected chi connectivity index (χ2v) is 6.07. The zero-order chi connectivity index (χ0) is 14.0. The van der Waals surface area contributed by atoms with Crippen molar-refractivity contribution in [1.82, 2.24) is 0 Å². The molecule has 2 aromatic rings. The van der Waals surface area contributed by atoms with Gasteiger partial charge in [-0.25, -0.2) is 0 Å². The van der Waals surface area contributed by atoms with Gasteiger partial charge in [0.05, 0.1) is 6.61 Å². The van der Waals surface area contributed by atoms with Gasteiger partial charge in [-0.1, -0.05) is 45.1 Å². The first-order chi connectivity index (χ1) is 9.90. The van der Waals surface area contributed by atoms with E-state index in [1.54, 1.807) is 11.3 Å². The summed E-state index contributed by atoms with van der Waals surface area (Å²) in [4.78, 5) is 1.31. The molecule has 0 fully saturated rings. The first-order valence-electron chi connectivity index (χ1n) is 7.67. The van der Waals surface area contributed by atoms with Crippen LogP contribution in [0.2, 0.25) is 0 Å². The third-order valence-corrected chi connectivity index (χ3v) is 4.35. The van der Waals surface area contributed by atoms with Crippen LogP contribution in [0, 0.1) is 0 Å². The summed E-state index contributed by atoms with van der Waals surface area (Å²) in [6, 6.07) is 12.7. The Morgan fingerprint density at radius 2 is 1.65 bits per heavy atom. The lowest BCUT2D eigenvalue weighted by molar-refractivity contribution is 0.304. The van der Waals surface area contributed by atoms with Crippen LogP contribution in [0.1, 0.15) is 45.4 Å². The van der Waals surface area contributed by atoms with Crippen LogP contribution >= 0.6 is 11.3 Å². The first-order valence-corrected chi connectivity index (χ1v) is 8.55. The van der Waals surface area contributed by atoms with Crippen molar-refractivity contribution in [3.05, 3.63) is 41.8 Å². The van der Waals surface area contributed by atoms with E-state index < -0.39 is 0 Å². The van der Waals surface area contributed by atoms with Gasteiger partial charge in [0.15, 0.2) is 0 Å². The minimum absolute atomic E-state index is 0.838. The van der Waals surface area contributed by atoms with E-state index in [9.17, 15) is 0 Å². The minimum Gasteiger partial charge on any atom is -0.494 e. The van der Waals surface area contributed by atoms with E-state index in [4.69, 9.17) is 4.74 Å². The fourth-order valence-corrected chi connectivity index (χ4v) is 2.96. The second-order valence-electron chi connectivity index (χ2n) is 5.12. The Morgan fingerprint density at radius 1 is 0.900 bits per heavy atom. The molecule has 1 nitrogen and oxygen atoms in total. The maximum atomic E-state index is 5.79. The lowest BCUT2D eigenvalue weighted by Gasteiger charge is -2.07. The second kappa shape index (κ2) is 8.80. The third-order valence-electron chi connectivity index (χ3n) is 3.43. The van der Waals surface area contributed by atoms with Gasteiger partial charge in [-0.3, -0.25) is 0 Å². The van der Waals surface area contributed by atoms with E-state index in [2.05, 4.69) is 48.7 Å². The van der Waals surface area contributed by atoms with Crippen molar-refractivity contribution in [2.24, 2.45) is 0 Å². The van der Waals surface area contributed by atoms with Gasteiger partial charge in [-0.15, -0.1) is 11.3 Å². The molecule has 0 aliphatic carbocycles. The van der Waals surface area contributed by atoms with Crippen molar-refractivity contribution in [3.63, 3.8) is 0 Å². The molecule has 2 heteroatoms. The average molecular weight is 288 g/mol. The van der Waals surface area contributed by atoms with Crippen LogP contribution in [0.25, 0.3) is 10.4 Å². The zero-order valence-electron chi connectivity index (χ0n) is 12.3. The van der Waals surface area contributed by atoms with E-state index in [-0.39, 0.29) is 0 Å². The summed E-state index contributed by atoms with van der Waals surface area (Å²) in [6.45, 7) is 3.09. The lowest BCUT2D eigenvalue weighted by Crippen LogP contribution is -1.97. The van der Waals surface area contributed by atoms with E-state index in [0.717, 1.165) is 18.8 Å². The predicted octanol–water partition coefficient (Wildman–Crippen LogP) is 6.15. The normalized spacial score (nSPS) is 10.7. The Labute approximate surface area is 126 Å². The van der Waals surface area contributed by atoms with Gasteiger partial charge in [0, 0.05) is 4.88 Å². The number of hydrogen-bond acceptors (Lipinski definition) is 2.